The molecule has 4 heteroatoms. The summed E-state index contributed by atoms with van der Waals surface area (Å²) in [7, 11) is 0. The van der Waals surface area contributed by atoms with Gasteiger partial charge in [0, 0.05) is 6.42 Å². The van der Waals surface area contributed by atoms with Crippen LogP contribution in [0.15, 0.2) is 0 Å². The van der Waals surface area contributed by atoms with E-state index in [4.69, 9.17) is 15.6 Å². The van der Waals surface area contributed by atoms with Gasteiger partial charge in [0.15, 0.2) is 0 Å². The maximum atomic E-state index is 11.2. The Hall–Kier alpha value is -0.610. The van der Waals surface area contributed by atoms with E-state index in [0.717, 1.165) is 19.4 Å². The van der Waals surface area contributed by atoms with Gasteiger partial charge in [-0.15, -0.1) is 0 Å². The molecule has 0 heterocycles. The number of hydrogen-bond donors (Lipinski definition) is 2. The fourth-order valence-electron chi connectivity index (χ4n) is 5.56. The quantitative estimate of drug-likeness (QED) is 0.0571. The molecule has 0 aliphatic heterocycles. The van der Waals surface area contributed by atoms with E-state index in [0.29, 0.717) is 6.42 Å². The van der Waals surface area contributed by atoms with E-state index < -0.39 is 0 Å². The smallest absolute Gasteiger partial charge is 0.305 e. The molecule has 0 saturated heterocycles. The van der Waals surface area contributed by atoms with Gasteiger partial charge in [-0.3, -0.25) is 4.79 Å². The molecule has 0 unspecified atom stereocenters. The third-order valence-electron chi connectivity index (χ3n) is 8.40. The molecule has 0 aromatic carbocycles. The molecule has 0 fully saturated rings. The van der Waals surface area contributed by atoms with Gasteiger partial charge in [0.2, 0.25) is 0 Å². The fourth-order valence-corrected chi connectivity index (χ4v) is 5.56. The molecule has 4 nitrogen and oxygen atoms in total. The van der Waals surface area contributed by atoms with Crippen molar-refractivity contribution in [3.63, 3.8) is 0 Å². The summed E-state index contributed by atoms with van der Waals surface area (Å²) in [5.41, 5.74) is 5.48. The lowest BCUT2D eigenvalue weighted by Crippen LogP contribution is -2.07. The van der Waals surface area contributed by atoms with Crippen molar-refractivity contribution in [2.24, 2.45) is 5.73 Å². The first-order valence-corrected chi connectivity index (χ1v) is 19.2. The van der Waals surface area contributed by atoms with Crippen molar-refractivity contribution >= 4 is 5.97 Å². The molecule has 0 aliphatic carbocycles. The van der Waals surface area contributed by atoms with Gasteiger partial charge in [0.05, 0.1) is 6.61 Å². The molecule has 0 rings (SSSR count). The van der Waals surface area contributed by atoms with Crippen LogP contribution in [0, 0.1) is 0 Å². The van der Waals surface area contributed by atoms with Crippen LogP contribution >= 0.6 is 0 Å². The van der Waals surface area contributed by atoms with Crippen molar-refractivity contribution in [1.82, 2.24) is 0 Å². The number of aliphatic hydroxyl groups excluding tert-OH is 1. The summed E-state index contributed by atoms with van der Waals surface area (Å²) in [4.78, 5) is 11.2. The molecular weight excluding hydrogens is 518 g/mol. The Balaban J connectivity index is 0. The van der Waals surface area contributed by atoms with Gasteiger partial charge in [-0.1, -0.05) is 200 Å². The highest BCUT2D eigenvalue weighted by molar-refractivity contribution is 5.69. The summed E-state index contributed by atoms with van der Waals surface area (Å²) in [6.07, 6.45) is 43.3. The minimum Gasteiger partial charge on any atom is -0.463 e. The monoisotopic (exact) mass is 598 g/mol. The molecule has 0 atom stereocenters. The molecule has 0 aliphatic rings. The second kappa shape index (κ2) is 42.5. The largest absolute Gasteiger partial charge is 0.463 e. The summed E-state index contributed by atoms with van der Waals surface area (Å²) in [5, 5.41) is 8.54. The van der Waals surface area contributed by atoms with Gasteiger partial charge in [0.1, 0.15) is 6.61 Å². The van der Waals surface area contributed by atoms with Crippen molar-refractivity contribution in [3.8, 4) is 0 Å². The standard InChI is InChI=1S/C20H40O3.C18H39N/c1-2-3-4-5-6-7-8-9-10-11-12-13-14-15-16-17-20(22)23-19-18-21;1-2-3-4-5-6-7-8-9-10-11-12-13-14-15-16-17-18-19/h21H,2-19H2,1H3;2-19H2,1H3. The van der Waals surface area contributed by atoms with Crippen LogP contribution in [0.1, 0.15) is 219 Å². The zero-order valence-electron chi connectivity index (χ0n) is 29.1. The van der Waals surface area contributed by atoms with Crippen molar-refractivity contribution in [3.05, 3.63) is 0 Å². The number of esters is 1. The lowest BCUT2D eigenvalue weighted by molar-refractivity contribution is -0.144. The Morgan fingerprint density at radius 1 is 0.452 bits per heavy atom. The van der Waals surface area contributed by atoms with Crippen molar-refractivity contribution in [1.29, 1.82) is 0 Å². The average Bonchev–Trinajstić information content (AvgIpc) is 3.00. The second-order valence-electron chi connectivity index (χ2n) is 12.7. The molecule has 254 valence electrons. The van der Waals surface area contributed by atoms with Crippen LogP contribution in [-0.2, 0) is 9.53 Å². The van der Waals surface area contributed by atoms with Gasteiger partial charge >= 0.3 is 5.97 Å². The number of carbonyl (C=O) groups excluding carboxylic acids is 1. The van der Waals surface area contributed by atoms with E-state index in [2.05, 4.69) is 13.8 Å². The van der Waals surface area contributed by atoms with E-state index in [1.54, 1.807) is 0 Å². The lowest BCUT2D eigenvalue weighted by atomic mass is 10.0. The maximum Gasteiger partial charge on any atom is 0.305 e. The normalized spacial score (nSPS) is 11.0. The molecule has 0 amide bonds. The molecule has 0 radical (unpaired) electrons. The summed E-state index contributed by atoms with van der Waals surface area (Å²) in [5.74, 6) is -0.172. The molecular formula is C38H79NO3. The molecule has 3 N–H and O–H groups in total. The summed E-state index contributed by atoms with van der Waals surface area (Å²) < 4.78 is 4.82. The Kier molecular flexibility index (Phi) is 44.1. The van der Waals surface area contributed by atoms with Gasteiger partial charge < -0.3 is 15.6 Å². The third-order valence-corrected chi connectivity index (χ3v) is 8.40. The minimum atomic E-state index is -0.172. The van der Waals surface area contributed by atoms with Gasteiger partial charge in [0.25, 0.3) is 0 Å². The number of unbranched alkanes of at least 4 members (excludes halogenated alkanes) is 29. The van der Waals surface area contributed by atoms with Crippen molar-refractivity contribution in [2.75, 3.05) is 19.8 Å². The number of aliphatic hydroxyl groups is 1. The number of rotatable bonds is 34. The van der Waals surface area contributed by atoms with E-state index in [1.807, 2.05) is 0 Å². The van der Waals surface area contributed by atoms with E-state index >= 15 is 0 Å². The molecule has 0 saturated carbocycles. The Morgan fingerprint density at radius 3 is 0.976 bits per heavy atom. The van der Waals surface area contributed by atoms with Crippen molar-refractivity contribution in [2.45, 2.75) is 219 Å². The van der Waals surface area contributed by atoms with E-state index in [1.165, 1.54) is 186 Å². The maximum absolute atomic E-state index is 11.2. The topological polar surface area (TPSA) is 72.5 Å². The van der Waals surface area contributed by atoms with Crippen LogP contribution in [0.4, 0.5) is 0 Å². The van der Waals surface area contributed by atoms with E-state index in [9.17, 15) is 4.79 Å². The zero-order chi connectivity index (χ0) is 31.0. The van der Waals surface area contributed by atoms with Crippen LogP contribution in [0.3, 0.4) is 0 Å². The van der Waals surface area contributed by atoms with Gasteiger partial charge in [-0.25, -0.2) is 0 Å². The highest BCUT2D eigenvalue weighted by atomic mass is 16.5. The first kappa shape index (κ1) is 43.5. The van der Waals surface area contributed by atoms with Gasteiger partial charge in [-0.2, -0.15) is 0 Å². The Morgan fingerprint density at radius 2 is 0.714 bits per heavy atom. The molecule has 0 aromatic heterocycles. The van der Waals surface area contributed by atoms with Crippen LogP contribution in [-0.4, -0.2) is 30.8 Å². The summed E-state index contributed by atoms with van der Waals surface area (Å²) in [6, 6.07) is 0. The Labute approximate surface area is 265 Å². The molecule has 0 spiro atoms. The van der Waals surface area contributed by atoms with Crippen molar-refractivity contribution < 1.29 is 14.6 Å². The number of hydrogen-bond acceptors (Lipinski definition) is 4. The Bertz CT molecular complexity index is 455. The number of nitrogens with two attached hydrogens (primary N) is 1. The minimum absolute atomic E-state index is 0.0788. The van der Waals surface area contributed by atoms with Crippen LogP contribution < -0.4 is 5.73 Å². The molecule has 0 bridgehead atoms. The summed E-state index contributed by atoms with van der Waals surface area (Å²) in [6.45, 7) is 5.49. The lowest BCUT2D eigenvalue weighted by Gasteiger charge is -2.04. The van der Waals surface area contributed by atoms with Crippen LogP contribution in [0.2, 0.25) is 0 Å². The van der Waals surface area contributed by atoms with Gasteiger partial charge in [-0.05, 0) is 19.4 Å². The second-order valence-corrected chi connectivity index (χ2v) is 12.7. The average molecular weight is 598 g/mol. The molecule has 0 aromatic rings. The number of carbonyl (C=O) groups is 1. The first-order valence-electron chi connectivity index (χ1n) is 19.2. The highest BCUT2D eigenvalue weighted by Crippen LogP contribution is 2.15. The SMILES string of the molecule is CCCCCCCCCCCCCCCCCC(=O)OCCO.CCCCCCCCCCCCCCCCCCN. The summed E-state index contributed by atoms with van der Waals surface area (Å²) >= 11 is 0. The van der Waals surface area contributed by atoms with Crippen LogP contribution in [0.5, 0.6) is 0 Å². The van der Waals surface area contributed by atoms with E-state index in [-0.39, 0.29) is 19.2 Å². The third kappa shape index (κ3) is 43.8. The fraction of sp³-hybridized carbons (Fsp3) is 0.974. The number of ether oxygens (including phenoxy) is 1. The zero-order valence-corrected chi connectivity index (χ0v) is 29.1. The predicted molar refractivity (Wildman–Crippen MR) is 186 cm³/mol. The van der Waals surface area contributed by atoms with Crippen LogP contribution in [0.25, 0.3) is 0 Å². The highest BCUT2D eigenvalue weighted by Gasteiger charge is 2.01. The molecule has 42 heavy (non-hydrogen) atoms. The predicted octanol–water partition coefficient (Wildman–Crippen LogP) is 12.0. The first-order chi connectivity index (χ1) is 20.7.